The van der Waals surface area contributed by atoms with Crippen molar-refractivity contribution in [2.45, 2.75) is 19.4 Å². The smallest absolute Gasteiger partial charge is 0.227 e. The number of anilines is 2. The van der Waals surface area contributed by atoms with Gasteiger partial charge in [0.1, 0.15) is 11.6 Å². The Morgan fingerprint density at radius 2 is 1.90 bits per heavy atom. The van der Waals surface area contributed by atoms with Crippen LogP contribution in [-0.2, 0) is 17.8 Å². The topological polar surface area (TPSA) is 46.3 Å². The van der Waals surface area contributed by atoms with Crippen molar-refractivity contribution in [3.05, 3.63) is 59.2 Å². The molecular weight excluding hydrogens is 274 g/mol. The molecule has 0 saturated heterocycles. The molecule has 0 radical (unpaired) electrons. The Morgan fingerprint density at radius 1 is 1.10 bits per heavy atom. The number of hydrogen-bond donors (Lipinski definition) is 1. The van der Waals surface area contributed by atoms with E-state index in [-0.39, 0.29) is 18.0 Å². The van der Waals surface area contributed by atoms with Crippen LogP contribution in [0, 0.1) is 11.6 Å². The average Bonchev–Trinajstić information content (AvgIpc) is 2.44. The van der Waals surface area contributed by atoms with Gasteiger partial charge in [-0.05, 0) is 36.2 Å². The molecule has 3 rings (SSSR count). The minimum Gasteiger partial charge on any atom is -0.399 e. The van der Waals surface area contributed by atoms with E-state index in [9.17, 15) is 13.6 Å². The molecule has 5 heteroatoms. The van der Waals surface area contributed by atoms with Gasteiger partial charge in [0.25, 0.3) is 0 Å². The van der Waals surface area contributed by atoms with Gasteiger partial charge in [0, 0.05) is 29.4 Å². The van der Waals surface area contributed by atoms with Gasteiger partial charge in [0.2, 0.25) is 5.91 Å². The van der Waals surface area contributed by atoms with E-state index >= 15 is 0 Å². The summed E-state index contributed by atoms with van der Waals surface area (Å²) in [6.07, 6.45) is 0.987. The van der Waals surface area contributed by atoms with Gasteiger partial charge in [-0.3, -0.25) is 4.79 Å². The summed E-state index contributed by atoms with van der Waals surface area (Å²) >= 11 is 0. The van der Waals surface area contributed by atoms with E-state index in [1.807, 2.05) is 6.07 Å². The predicted molar refractivity (Wildman–Crippen MR) is 76.7 cm³/mol. The number of carbonyl (C=O) groups excluding carboxylic acids is 1. The van der Waals surface area contributed by atoms with Crippen molar-refractivity contribution in [3.8, 4) is 0 Å². The number of halogens is 2. The first-order valence-corrected chi connectivity index (χ1v) is 6.67. The van der Waals surface area contributed by atoms with Crippen molar-refractivity contribution in [2.24, 2.45) is 0 Å². The number of nitrogen functional groups attached to an aromatic ring is 1. The summed E-state index contributed by atoms with van der Waals surface area (Å²) in [7, 11) is 0. The zero-order chi connectivity index (χ0) is 15.0. The molecule has 0 aliphatic carbocycles. The highest BCUT2D eigenvalue weighted by Crippen LogP contribution is 2.31. The quantitative estimate of drug-likeness (QED) is 0.863. The second-order valence-corrected chi connectivity index (χ2v) is 5.10. The van der Waals surface area contributed by atoms with Crippen LogP contribution in [0.15, 0.2) is 36.4 Å². The van der Waals surface area contributed by atoms with Crippen LogP contribution in [0.5, 0.6) is 0 Å². The highest BCUT2D eigenvalue weighted by molar-refractivity contribution is 5.96. The van der Waals surface area contributed by atoms with E-state index < -0.39 is 11.6 Å². The summed E-state index contributed by atoms with van der Waals surface area (Å²) in [6.45, 7) is 0.0852. The van der Waals surface area contributed by atoms with Crippen molar-refractivity contribution in [1.82, 2.24) is 0 Å². The lowest BCUT2D eigenvalue weighted by molar-refractivity contribution is -0.119. The highest BCUT2D eigenvalue weighted by atomic mass is 19.1. The van der Waals surface area contributed by atoms with Crippen molar-refractivity contribution in [1.29, 1.82) is 0 Å². The molecule has 1 aliphatic heterocycles. The second-order valence-electron chi connectivity index (χ2n) is 5.10. The molecule has 0 saturated carbocycles. The SMILES string of the molecule is Nc1ccc2c(c1)CCC(=O)N2Cc1ccc(F)cc1F. The summed E-state index contributed by atoms with van der Waals surface area (Å²) in [5.74, 6) is -1.35. The number of rotatable bonds is 2. The number of aryl methyl sites for hydroxylation is 1. The van der Waals surface area contributed by atoms with E-state index in [0.717, 1.165) is 17.3 Å². The van der Waals surface area contributed by atoms with Gasteiger partial charge >= 0.3 is 0 Å². The molecule has 2 N–H and O–H groups in total. The minimum absolute atomic E-state index is 0.0732. The van der Waals surface area contributed by atoms with Crippen LogP contribution in [0.3, 0.4) is 0 Å². The molecule has 0 unspecified atom stereocenters. The fourth-order valence-corrected chi connectivity index (χ4v) is 2.57. The molecule has 1 amide bonds. The molecule has 0 fully saturated rings. The Bertz CT molecular complexity index is 715. The van der Waals surface area contributed by atoms with Crippen LogP contribution < -0.4 is 10.6 Å². The Labute approximate surface area is 121 Å². The molecule has 2 aromatic carbocycles. The van der Waals surface area contributed by atoms with Crippen LogP contribution in [0.25, 0.3) is 0 Å². The molecule has 0 aromatic heterocycles. The second kappa shape index (κ2) is 5.16. The lowest BCUT2D eigenvalue weighted by Crippen LogP contribution is -2.34. The Kier molecular flexibility index (Phi) is 3.33. The first-order chi connectivity index (χ1) is 10.0. The standard InChI is InChI=1S/C16H14F2N2O/c17-12-3-1-11(14(18)8-12)9-20-15-5-4-13(19)7-10(15)2-6-16(20)21/h1,3-5,7-8H,2,6,9,19H2. The fraction of sp³-hybridized carbons (Fsp3) is 0.188. The maximum Gasteiger partial charge on any atom is 0.227 e. The normalized spacial score (nSPS) is 14.2. The van der Waals surface area contributed by atoms with Crippen LogP contribution in [0.2, 0.25) is 0 Å². The summed E-state index contributed by atoms with van der Waals surface area (Å²) in [5, 5.41) is 0. The molecule has 21 heavy (non-hydrogen) atoms. The van der Waals surface area contributed by atoms with Crippen LogP contribution in [0.1, 0.15) is 17.5 Å². The van der Waals surface area contributed by atoms with Gasteiger partial charge in [0.05, 0.1) is 6.54 Å². The number of carbonyl (C=O) groups is 1. The Hall–Kier alpha value is -2.43. The lowest BCUT2D eigenvalue weighted by Gasteiger charge is -2.29. The van der Waals surface area contributed by atoms with Gasteiger partial charge in [-0.15, -0.1) is 0 Å². The number of nitrogens with two attached hydrogens (primary N) is 1. The van der Waals surface area contributed by atoms with E-state index in [1.54, 1.807) is 12.1 Å². The van der Waals surface area contributed by atoms with Crippen LogP contribution >= 0.6 is 0 Å². The maximum atomic E-state index is 13.8. The fourth-order valence-electron chi connectivity index (χ4n) is 2.57. The molecule has 0 bridgehead atoms. The van der Waals surface area contributed by atoms with Crippen molar-refractivity contribution in [2.75, 3.05) is 10.6 Å². The van der Waals surface area contributed by atoms with Crippen molar-refractivity contribution < 1.29 is 13.6 Å². The summed E-state index contributed by atoms with van der Waals surface area (Å²) in [6, 6.07) is 8.69. The zero-order valence-corrected chi connectivity index (χ0v) is 11.3. The third-order valence-electron chi connectivity index (χ3n) is 3.65. The summed E-state index contributed by atoms with van der Waals surface area (Å²) < 4.78 is 26.7. The molecule has 2 aromatic rings. The van der Waals surface area contributed by atoms with E-state index in [0.29, 0.717) is 18.5 Å². The monoisotopic (exact) mass is 288 g/mol. The van der Waals surface area contributed by atoms with Crippen molar-refractivity contribution in [3.63, 3.8) is 0 Å². The van der Waals surface area contributed by atoms with Crippen LogP contribution in [-0.4, -0.2) is 5.91 Å². The van der Waals surface area contributed by atoms with E-state index in [1.165, 1.54) is 17.0 Å². The average molecular weight is 288 g/mol. The first kappa shape index (κ1) is 13.5. The number of fused-ring (bicyclic) bond motifs is 1. The van der Waals surface area contributed by atoms with Gasteiger partial charge in [-0.25, -0.2) is 8.78 Å². The number of amides is 1. The Balaban J connectivity index is 1.96. The van der Waals surface area contributed by atoms with Gasteiger partial charge in [-0.2, -0.15) is 0 Å². The number of nitrogens with zero attached hydrogens (tertiary/aromatic N) is 1. The van der Waals surface area contributed by atoms with E-state index in [2.05, 4.69) is 0 Å². The van der Waals surface area contributed by atoms with Crippen LogP contribution in [0.4, 0.5) is 20.2 Å². The first-order valence-electron chi connectivity index (χ1n) is 6.67. The zero-order valence-electron chi connectivity index (χ0n) is 11.3. The molecule has 108 valence electrons. The number of hydrogen-bond acceptors (Lipinski definition) is 2. The third-order valence-corrected chi connectivity index (χ3v) is 3.65. The molecular formula is C16H14F2N2O. The van der Waals surface area contributed by atoms with Gasteiger partial charge in [0.15, 0.2) is 0 Å². The van der Waals surface area contributed by atoms with Gasteiger partial charge in [-0.1, -0.05) is 6.07 Å². The highest BCUT2D eigenvalue weighted by Gasteiger charge is 2.25. The van der Waals surface area contributed by atoms with E-state index in [4.69, 9.17) is 5.73 Å². The molecule has 0 atom stereocenters. The summed E-state index contributed by atoms with van der Waals surface area (Å²) in [5.41, 5.74) is 8.38. The Morgan fingerprint density at radius 3 is 2.67 bits per heavy atom. The maximum absolute atomic E-state index is 13.8. The van der Waals surface area contributed by atoms with Gasteiger partial charge < -0.3 is 10.6 Å². The van der Waals surface area contributed by atoms with Crippen molar-refractivity contribution >= 4 is 17.3 Å². The molecule has 0 spiro atoms. The number of benzene rings is 2. The predicted octanol–water partition coefficient (Wildman–Crippen LogP) is 3.03. The molecule has 3 nitrogen and oxygen atoms in total. The largest absolute Gasteiger partial charge is 0.399 e. The molecule has 1 heterocycles. The minimum atomic E-state index is -0.648. The molecule has 1 aliphatic rings. The lowest BCUT2D eigenvalue weighted by atomic mass is 9.99. The summed E-state index contributed by atoms with van der Waals surface area (Å²) in [4.78, 5) is 13.6. The third kappa shape index (κ3) is 2.59.